The van der Waals surface area contributed by atoms with Gasteiger partial charge in [-0.2, -0.15) is 0 Å². The van der Waals surface area contributed by atoms with Crippen LogP contribution in [0.3, 0.4) is 0 Å². The molecule has 4 unspecified atom stereocenters. The zero-order chi connectivity index (χ0) is 8.18. The molecule has 0 aromatic carbocycles. The van der Waals surface area contributed by atoms with Gasteiger partial charge in [0.2, 0.25) is 0 Å². The van der Waals surface area contributed by atoms with Crippen LogP contribution in [0.15, 0.2) is 0 Å². The quantitative estimate of drug-likeness (QED) is 0.628. The van der Waals surface area contributed by atoms with Crippen LogP contribution in [0.4, 0.5) is 0 Å². The van der Waals surface area contributed by atoms with E-state index in [9.17, 15) is 0 Å². The minimum atomic E-state index is 0.867. The van der Waals surface area contributed by atoms with Gasteiger partial charge in [-0.05, 0) is 62.8 Å². The largest absolute Gasteiger partial charge is 0.317 e. The summed E-state index contributed by atoms with van der Waals surface area (Å²) in [6, 6.07) is 0.871. The van der Waals surface area contributed by atoms with Gasteiger partial charge >= 0.3 is 0 Å². The number of nitrogens with one attached hydrogen (secondary N) is 1. The van der Waals surface area contributed by atoms with Crippen molar-refractivity contribution < 1.29 is 0 Å². The highest BCUT2D eigenvalue weighted by atomic mass is 14.9. The standard InChI is InChI=1S/C11H19N/c1-12-10-3-2-8-4-6-11(8)7-5-9(10)11/h8-10,12H,2-7H2,1H3. The average Bonchev–Trinajstić information content (AvgIpc) is 1.96. The Bertz CT molecular complexity index is 197. The topological polar surface area (TPSA) is 12.0 Å². The minimum absolute atomic E-state index is 0.867. The van der Waals surface area contributed by atoms with Gasteiger partial charge in [-0.3, -0.25) is 0 Å². The Kier molecular flexibility index (Phi) is 1.39. The monoisotopic (exact) mass is 165 g/mol. The van der Waals surface area contributed by atoms with Crippen molar-refractivity contribution in [1.29, 1.82) is 0 Å². The predicted octanol–water partition coefficient (Wildman–Crippen LogP) is 2.17. The summed E-state index contributed by atoms with van der Waals surface area (Å²) in [4.78, 5) is 0. The Balaban J connectivity index is 1.82. The van der Waals surface area contributed by atoms with Crippen LogP contribution in [0.5, 0.6) is 0 Å². The molecule has 0 saturated heterocycles. The van der Waals surface area contributed by atoms with Crippen LogP contribution in [0, 0.1) is 17.3 Å². The van der Waals surface area contributed by atoms with Gasteiger partial charge in [0.25, 0.3) is 0 Å². The lowest BCUT2D eigenvalue weighted by Crippen LogP contribution is -2.62. The highest BCUT2D eigenvalue weighted by Gasteiger charge is 2.60. The Morgan fingerprint density at radius 2 is 1.92 bits per heavy atom. The summed E-state index contributed by atoms with van der Waals surface area (Å²) in [5.74, 6) is 2.20. The lowest BCUT2D eigenvalue weighted by Gasteiger charge is -2.66. The molecule has 1 nitrogen and oxygen atoms in total. The first-order chi connectivity index (χ1) is 5.87. The fourth-order valence-electron chi connectivity index (χ4n) is 4.18. The lowest BCUT2D eigenvalue weighted by molar-refractivity contribution is -0.155. The van der Waals surface area contributed by atoms with Crippen molar-refractivity contribution in [2.45, 2.75) is 44.6 Å². The van der Waals surface area contributed by atoms with Gasteiger partial charge in [-0.25, -0.2) is 0 Å². The summed E-state index contributed by atoms with van der Waals surface area (Å²) in [6.45, 7) is 0. The van der Waals surface area contributed by atoms with E-state index >= 15 is 0 Å². The fourth-order valence-corrected chi connectivity index (χ4v) is 4.18. The van der Waals surface area contributed by atoms with Crippen molar-refractivity contribution in [2.75, 3.05) is 7.05 Å². The van der Waals surface area contributed by atoms with E-state index in [0.717, 1.165) is 23.3 Å². The molecule has 0 heterocycles. The Morgan fingerprint density at radius 1 is 1.08 bits per heavy atom. The molecule has 0 aromatic heterocycles. The SMILES string of the molecule is CNC1CCC2CCC23CCC13. The first-order valence-electron chi connectivity index (χ1n) is 5.54. The summed E-state index contributed by atoms with van der Waals surface area (Å²) in [7, 11) is 2.15. The molecule has 0 bridgehead atoms. The third kappa shape index (κ3) is 0.654. The van der Waals surface area contributed by atoms with Gasteiger partial charge < -0.3 is 5.32 Å². The van der Waals surface area contributed by atoms with E-state index in [4.69, 9.17) is 0 Å². The van der Waals surface area contributed by atoms with Crippen molar-refractivity contribution in [1.82, 2.24) is 5.32 Å². The first kappa shape index (κ1) is 7.37. The Morgan fingerprint density at radius 3 is 2.42 bits per heavy atom. The van der Waals surface area contributed by atoms with Crippen LogP contribution in [0.1, 0.15) is 38.5 Å². The van der Waals surface area contributed by atoms with Gasteiger partial charge in [-0.1, -0.05) is 0 Å². The van der Waals surface area contributed by atoms with Crippen LogP contribution in [-0.4, -0.2) is 13.1 Å². The molecule has 4 atom stereocenters. The summed E-state index contributed by atoms with van der Waals surface area (Å²) in [5, 5.41) is 3.51. The average molecular weight is 165 g/mol. The maximum absolute atomic E-state index is 3.51. The molecule has 1 N–H and O–H groups in total. The van der Waals surface area contributed by atoms with Gasteiger partial charge in [0.05, 0.1) is 0 Å². The van der Waals surface area contributed by atoms with Crippen LogP contribution >= 0.6 is 0 Å². The third-order valence-electron chi connectivity index (χ3n) is 5.11. The molecule has 0 aromatic rings. The molecule has 3 rings (SSSR count). The smallest absolute Gasteiger partial charge is 0.00978 e. The molecule has 68 valence electrons. The fraction of sp³-hybridized carbons (Fsp3) is 1.00. The van der Waals surface area contributed by atoms with Crippen LogP contribution in [0.25, 0.3) is 0 Å². The van der Waals surface area contributed by atoms with Crippen LogP contribution in [-0.2, 0) is 0 Å². The van der Waals surface area contributed by atoms with Gasteiger partial charge in [0, 0.05) is 6.04 Å². The van der Waals surface area contributed by atoms with E-state index in [2.05, 4.69) is 12.4 Å². The van der Waals surface area contributed by atoms with Crippen molar-refractivity contribution in [2.24, 2.45) is 17.3 Å². The maximum Gasteiger partial charge on any atom is 0.00978 e. The van der Waals surface area contributed by atoms with Crippen LogP contribution < -0.4 is 5.32 Å². The summed E-state index contributed by atoms with van der Waals surface area (Å²) in [5.41, 5.74) is 0.867. The van der Waals surface area contributed by atoms with E-state index in [1.807, 2.05) is 0 Å². The van der Waals surface area contributed by atoms with Crippen LogP contribution in [0.2, 0.25) is 0 Å². The molecule has 0 amide bonds. The Labute approximate surface area is 74.9 Å². The number of hydrogen-bond acceptors (Lipinski definition) is 1. The van der Waals surface area contributed by atoms with E-state index in [1.54, 1.807) is 19.3 Å². The van der Waals surface area contributed by atoms with Gasteiger partial charge in [0.15, 0.2) is 0 Å². The van der Waals surface area contributed by atoms with E-state index in [1.165, 1.54) is 19.3 Å². The molecule has 3 aliphatic carbocycles. The highest BCUT2D eigenvalue weighted by Crippen LogP contribution is 2.68. The van der Waals surface area contributed by atoms with Crippen molar-refractivity contribution in [3.05, 3.63) is 0 Å². The van der Waals surface area contributed by atoms with E-state index < -0.39 is 0 Å². The molecule has 3 aliphatic rings. The normalized spacial score (nSPS) is 56.2. The highest BCUT2D eigenvalue weighted by molar-refractivity contribution is 5.12. The molecule has 0 aliphatic heterocycles. The zero-order valence-corrected chi connectivity index (χ0v) is 7.97. The van der Waals surface area contributed by atoms with Gasteiger partial charge in [0.1, 0.15) is 0 Å². The molecule has 1 spiro atoms. The third-order valence-corrected chi connectivity index (χ3v) is 5.11. The lowest BCUT2D eigenvalue weighted by atomic mass is 9.40. The van der Waals surface area contributed by atoms with Crippen molar-refractivity contribution >= 4 is 0 Å². The van der Waals surface area contributed by atoms with Gasteiger partial charge in [-0.15, -0.1) is 0 Å². The summed E-state index contributed by atoms with van der Waals surface area (Å²) in [6.07, 6.45) is 9.14. The van der Waals surface area contributed by atoms with Crippen molar-refractivity contribution in [3.63, 3.8) is 0 Å². The second-order valence-corrected chi connectivity index (χ2v) is 5.09. The summed E-state index contributed by atoms with van der Waals surface area (Å²) < 4.78 is 0. The zero-order valence-electron chi connectivity index (χ0n) is 7.97. The predicted molar refractivity (Wildman–Crippen MR) is 50.0 cm³/mol. The van der Waals surface area contributed by atoms with E-state index in [-0.39, 0.29) is 0 Å². The molecular weight excluding hydrogens is 146 g/mol. The molecule has 3 fully saturated rings. The minimum Gasteiger partial charge on any atom is -0.317 e. The molecular formula is C11H19N. The molecule has 1 heteroatoms. The maximum atomic E-state index is 3.51. The molecule has 3 saturated carbocycles. The van der Waals surface area contributed by atoms with E-state index in [0.29, 0.717) is 0 Å². The van der Waals surface area contributed by atoms with Crippen molar-refractivity contribution in [3.8, 4) is 0 Å². The second kappa shape index (κ2) is 2.25. The summed E-state index contributed by atoms with van der Waals surface area (Å²) >= 11 is 0. The molecule has 12 heavy (non-hydrogen) atoms. The number of hydrogen-bond donors (Lipinski definition) is 1. The second-order valence-electron chi connectivity index (χ2n) is 5.09. The molecule has 0 radical (unpaired) electrons. The number of rotatable bonds is 1. The first-order valence-corrected chi connectivity index (χ1v) is 5.54. The Hall–Kier alpha value is -0.0400.